The number of fused-ring (bicyclic) bond motifs is 1. The minimum Gasteiger partial charge on any atom is -0.370 e. The van der Waals surface area contributed by atoms with Gasteiger partial charge >= 0.3 is 0 Å². The molecule has 3 aromatic rings. The Morgan fingerprint density at radius 3 is 2.60 bits per heavy atom. The highest BCUT2D eigenvalue weighted by molar-refractivity contribution is 7.19. The number of carbonyl (C=O) groups excluding carboxylic acids is 1. The average molecular weight is 359 g/mol. The maximum atomic E-state index is 13.2. The molecule has 3 rings (SSSR count). The SMILES string of the molecule is Cc1sc2nc(C)n(CCCC(N)=O)c(=O)c2c1-c1ccc(F)cc1. The number of rotatable bonds is 5. The number of thiophene rings is 1. The highest BCUT2D eigenvalue weighted by Crippen LogP contribution is 2.35. The normalized spacial score (nSPS) is 11.2. The molecule has 0 atom stereocenters. The third kappa shape index (κ3) is 3.32. The molecule has 0 aliphatic carbocycles. The quantitative estimate of drug-likeness (QED) is 0.760. The van der Waals surface area contributed by atoms with E-state index in [2.05, 4.69) is 4.98 Å². The summed E-state index contributed by atoms with van der Waals surface area (Å²) in [6, 6.07) is 6.09. The van der Waals surface area contributed by atoms with Crippen LogP contribution in [0.5, 0.6) is 0 Å². The molecule has 0 spiro atoms. The van der Waals surface area contributed by atoms with E-state index >= 15 is 0 Å². The highest BCUT2D eigenvalue weighted by Gasteiger charge is 2.18. The molecule has 0 fully saturated rings. The molecule has 1 amide bonds. The van der Waals surface area contributed by atoms with Gasteiger partial charge in [-0.1, -0.05) is 12.1 Å². The minimum atomic E-state index is -0.391. The fourth-order valence-corrected chi connectivity index (χ4v) is 4.02. The lowest BCUT2D eigenvalue weighted by atomic mass is 10.0. The van der Waals surface area contributed by atoms with Crippen molar-refractivity contribution in [2.24, 2.45) is 5.73 Å². The van der Waals surface area contributed by atoms with Gasteiger partial charge in [-0.2, -0.15) is 0 Å². The van der Waals surface area contributed by atoms with Crippen molar-refractivity contribution in [1.29, 1.82) is 0 Å². The van der Waals surface area contributed by atoms with Gasteiger partial charge in [0.1, 0.15) is 16.5 Å². The van der Waals surface area contributed by atoms with Gasteiger partial charge in [-0.25, -0.2) is 9.37 Å². The third-order valence-electron chi connectivity index (χ3n) is 4.12. The van der Waals surface area contributed by atoms with Crippen LogP contribution in [0, 0.1) is 19.7 Å². The predicted molar refractivity (Wildman–Crippen MR) is 97.2 cm³/mol. The number of carbonyl (C=O) groups is 1. The maximum absolute atomic E-state index is 13.2. The van der Waals surface area contributed by atoms with Crippen LogP contribution in [0.2, 0.25) is 0 Å². The molecular formula is C18H18FN3O2S. The molecule has 0 saturated heterocycles. The Morgan fingerprint density at radius 2 is 1.96 bits per heavy atom. The average Bonchev–Trinajstić information content (AvgIpc) is 2.87. The van der Waals surface area contributed by atoms with Gasteiger partial charge in [-0.15, -0.1) is 11.3 Å². The summed E-state index contributed by atoms with van der Waals surface area (Å²) in [5.74, 6) is -0.106. The van der Waals surface area contributed by atoms with Crippen molar-refractivity contribution in [1.82, 2.24) is 9.55 Å². The lowest BCUT2D eigenvalue weighted by Gasteiger charge is -2.09. The van der Waals surface area contributed by atoms with Gasteiger partial charge in [0.25, 0.3) is 5.56 Å². The number of amides is 1. The van der Waals surface area contributed by atoms with Crippen LogP contribution in [-0.2, 0) is 11.3 Å². The zero-order chi connectivity index (χ0) is 18.1. The van der Waals surface area contributed by atoms with Crippen molar-refractivity contribution in [3.8, 4) is 11.1 Å². The molecule has 0 aliphatic rings. The summed E-state index contributed by atoms with van der Waals surface area (Å²) >= 11 is 1.45. The van der Waals surface area contributed by atoms with E-state index < -0.39 is 5.91 Å². The molecule has 2 heterocycles. The molecule has 0 saturated carbocycles. The second kappa shape index (κ2) is 6.76. The molecule has 0 radical (unpaired) electrons. The Hall–Kier alpha value is -2.54. The monoisotopic (exact) mass is 359 g/mol. The van der Waals surface area contributed by atoms with Gasteiger partial charge in [0.15, 0.2) is 0 Å². The van der Waals surface area contributed by atoms with E-state index in [0.717, 1.165) is 16.0 Å². The topological polar surface area (TPSA) is 78.0 Å². The molecular weight excluding hydrogens is 341 g/mol. The Kier molecular flexibility index (Phi) is 4.67. The van der Waals surface area contributed by atoms with Crippen LogP contribution in [0.25, 0.3) is 21.3 Å². The van der Waals surface area contributed by atoms with Gasteiger partial charge in [0, 0.05) is 23.4 Å². The van der Waals surface area contributed by atoms with Gasteiger partial charge in [0.2, 0.25) is 5.91 Å². The van der Waals surface area contributed by atoms with E-state index in [1.807, 2.05) is 6.92 Å². The molecule has 0 bridgehead atoms. The Balaban J connectivity index is 2.15. The zero-order valence-corrected chi connectivity index (χ0v) is 14.8. The van der Waals surface area contributed by atoms with Crippen LogP contribution in [0.4, 0.5) is 4.39 Å². The summed E-state index contributed by atoms with van der Waals surface area (Å²) in [7, 11) is 0. The number of aryl methyl sites for hydroxylation is 2. The first-order valence-corrected chi connectivity index (χ1v) is 8.75. The van der Waals surface area contributed by atoms with Crippen molar-refractivity contribution in [3.05, 3.63) is 51.1 Å². The summed E-state index contributed by atoms with van der Waals surface area (Å²) in [6.45, 7) is 4.09. The van der Waals surface area contributed by atoms with Crippen LogP contribution < -0.4 is 11.3 Å². The van der Waals surface area contributed by atoms with E-state index in [0.29, 0.717) is 29.0 Å². The number of nitrogens with zero attached hydrogens (tertiary/aromatic N) is 2. The predicted octanol–water partition coefficient (Wildman–Crippen LogP) is 3.15. The van der Waals surface area contributed by atoms with Gasteiger partial charge < -0.3 is 5.73 Å². The van der Waals surface area contributed by atoms with E-state index in [9.17, 15) is 14.0 Å². The standard InChI is InChI=1S/C18H18FN3O2S/c1-10-15(12-5-7-13(19)8-6-12)16-17(25-10)21-11(2)22(18(16)24)9-3-4-14(20)23/h5-8H,3-4,9H2,1-2H3,(H2,20,23). The third-order valence-corrected chi connectivity index (χ3v) is 5.12. The molecule has 5 nitrogen and oxygen atoms in total. The Morgan fingerprint density at radius 1 is 1.28 bits per heavy atom. The number of hydrogen-bond acceptors (Lipinski definition) is 4. The van der Waals surface area contributed by atoms with Crippen molar-refractivity contribution in [2.45, 2.75) is 33.2 Å². The number of aromatic nitrogens is 2. The molecule has 7 heteroatoms. The smallest absolute Gasteiger partial charge is 0.262 e. The molecule has 2 aromatic heterocycles. The van der Waals surface area contributed by atoms with E-state index in [1.165, 1.54) is 23.5 Å². The van der Waals surface area contributed by atoms with Gasteiger partial charge in [-0.3, -0.25) is 14.2 Å². The van der Waals surface area contributed by atoms with Gasteiger partial charge in [0.05, 0.1) is 5.39 Å². The molecule has 2 N–H and O–H groups in total. The fraction of sp³-hybridized carbons (Fsp3) is 0.278. The fourth-order valence-electron chi connectivity index (χ4n) is 2.94. The summed E-state index contributed by atoms with van der Waals surface area (Å²) in [5.41, 5.74) is 6.61. The number of nitrogens with two attached hydrogens (primary N) is 1. The largest absolute Gasteiger partial charge is 0.370 e. The van der Waals surface area contributed by atoms with E-state index in [1.54, 1.807) is 23.6 Å². The second-order valence-corrected chi connectivity index (χ2v) is 7.11. The molecule has 0 unspecified atom stereocenters. The molecule has 0 aliphatic heterocycles. The summed E-state index contributed by atoms with van der Waals surface area (Å²) < 4.78 is 14.8. The maximum Gasteiger partial charge on any atom is 0.262 e. The second-order valence-electron chi connectivity index (χ2n) is 5.91. The van der Waals surface area contributed by atoms with Crippen LogP contribution in [-0.4, -0.2) is 15.5 Å². The molecule has 25 heavy (non-hydrogen) atoms. The lowest BCUT2D eigenvalue weighted by molar-refractivity contribution is -0.118. The Bertz CT molecular complexity index is 1010. The minimum absolute atomic E-state index is 0.143. The first-order valence-electron chi connectivity index (χ1n) is 7.93. The molecule has 1 aromatic carbocycles. The lowest BCUT2D eigenvalue weighted by Crippen LogP contribution is -2.24. The number of halogens is 1. The van der Waals surface area contributed by atoms with Crippen molar-refractivity contribution >= 4 is 27.5 Å². The van der Waals surface area contributed by atoms with Crippen LogP contribution >= 0.6 is 11.3 Å². The van der Waals surface area contributed by atoms with Crippen molar-refractivity contribution in [2.75, 3.05) is 0 Å². The Labute approximate surface area is 147 Å². The van der Waals surface area contributed by atoms with Crippen LogP contribution in [0.1, 0.15) is 23.5 Å². The summed E-state index contributed by atoms with van der Waals surface area (Å²) in [4.78, 5) is 30.2. The first kappa shape index (κ1) is 17.3. The van der Waals surface area contributed by atoms with Gasteiger partial charge in [-0.05, 0) is 38.0 Å². The van der Waals surface area contributed by atoms with Crippen molar-refractivity contribution < 1.29 is 9.18 Å². The number of benzene rings is 1. The van der Waals surface area contributed by atoms with E-state index in [4.69, 9.17) is 5.73 Å². The highest BCUT2D eigenvalue weighted by atomic mass is 32.1. The molecule has 130 valence electrons. The summed E-state index contributed by atoms with van der Waals surface area (Å²) in [6.07, 6.45) is 0.704. The zero-order valence-electron chi connectivity index (χ0n) is 14.0. The van der Waals surface area contributed by atoms with E-state index in [-0.39, 0.29) is 17.8 Å². The van der Waals surface area contributed by atoms with Crippen LogP contribution in [0.15, 0.2) is 29.1 Å². The first-order chi connectivity index (χ1) is 11.9. The number of primary amides is 1. The number of hydrogen-bond donors (Lipinski definition) is 1. The van der Waals surface area contributed by atoms with Crippen molar-refractivity contribution in [3.63, 3.8) is 0 Å². The van der Waals surface area contributed by atoms with Crippen LogP contribution in [0.3, 0.4) is 0 Å². The summed E-state index contributed by atoms with van der Waals surface area (Å²) in [5, 5.41) is 0.541.